The highest BCUT2D eigenvalue weighted by Crippen LogP contribution is 2.30. The lowest BCUT2D eigenvalue weighted by molar-refractivity contribution is -0.135. The zero-order valence-corrected chi connectivity index (χ0v) is 17.7. The summed E-state index contributed by atoms with van der Waals surface area (Å²) in [6.07, 6.45) is 2.54. The van der Waals surface area contributed by atoms with E-state index in [0.29, 0.717) is 12.1 Å². The molecule has 0 spiro atoms. The molecule has 2 aromatic heterocycles. The van der Waals surface area contributed by atoms with Crippen LogP contribution < -0.4 is 5.32 Å². The molecule has 1 aliphatic heterocycles. The smallest absolute Gasteiger partial charge is 0.253 e. The Kier molecular flexibility index (Phi) is 6.83. The van der Waals surface area contributed by atoms with Gasteiger partial charge in [-0.3, -0.25) is 14.6 Å². The van der Waals surface area contributed by atoms with Crippen molar-refractivity contribution in [3.05, 3.63) is 51.5 Å². The van der Waals surface area contributed by atoms with Crippen molar-refractivity contribution in [3.8, 4) is 0 Å². The fourth-order valence-corrected chi connectivity index (χ4v) is 4.38. The Hall–Kier alpha value is -2.21. The van der Waals surface area contributed by atoms with E-state index in [4.69, 9.17) is 4.98 Å². The van der Waals surface area contributed by atoms with Gasteiger partial charge in [0.15, 0.2) is 0 Å². The molecule has 1 saturated heterocycles. The molecular formula is C22H29N3O2S. The van der Waals surface area contributed by atoms with Gasteiger partial charge in [-0.25, -0.2) is 0 Å². The van der Waals surface area contributed by atoms with Crippen molar-refractivity contribution in [1.82, 2.24) is 15.2 Å². The third kappa shape index (κ3) is 4.98. The molecule has 28 heavy (non-hydrogen) atoms. The van der Waals surface area contributed by atoms with Crippen LogP contribution >= 0.6 is 11.3 Å². The normalized spacial score (nSPS) is 15.1. The molecule has 2 amide bonds. The first-order valence-corrected chi connectivity index (χ1v) is 10.9. The molecule has 0 bridgehead atoms. The van der Waals surface area contributed by atoms with Gasteiger partial charge in [0.05, 0.1) is 11.3 Å². The van der Waals surface area contributed by atoms with Crippen molar-refractivity contribution >= 4 is 23.2 Å². The van der Waals surface area contributed by atoms with Crippen molar-refractivity contribution in [3.63, 3.8) is 0 Å². The Morgan fingerprint density at radius 2 is 2.00 bits per heavy atom. The van der Waals surface area contributed by atoms with Gasteiger partial charge in [-0.15, -0.1) is 11.3 Å². The molecule has 1 aliphatic rings. The Morgan fingerprint density at radius 3 is 2.64 bits per heavy atom. The molecule has 0 aromatic carbocycles. The number of carbonyl (C=O) groups excluding carboxylic acids is 2. The molecule has 0 radical (unpaired) electrons. The molecule has 0 atom stereocenters. The number of carbonyl (C=O) groups is 2. The minimum absolute atomic E-state index is 0.0262. The third-order valence-corrected chi connectivity index (χ3v) is 6.17. The standard InChI is InChI=1S/C22H29N3O2S/c1-15(2)22(27)25-12-9-17(10-13-25)20-19(7-6-16(3)24-20)21(26)23-11-8-18-5-4-14-28-18/h4-7,14-15,17H,8-13H2,1-3H3,(H,23,26). The molecule has 6 heteroatoms. The van der Waals surface area contributed by atoms with Gasteiger partial charge in [-0.1, -0.05) is 19.9 Å². The number of thiophene rings is 1. The highest BCUT2D eigenvalue weighted by Gasteiger charge is 2.28. The van der Waals surface area contributed by atoms with E-state index >= 15 is 0 Å². The first-order valence-electron chi connectivity index (χ1n) is 10.0. The maximum Gasteiger partial charge on any atom is 0.253 e. The fraction of sp³-hybridized carbons (Fsp3) is 0.500. The summed E-state index contributed by atoms with van der Waals surface area (Å²) < 4.78 is 0. The number of nitrogens with zero attached hydrogens (tertiary/aromatic N) is 2. The highest BCUT2D eigenvalue weighted by atomic mass is 32.1. The Bertz CT molecular complexity index is 809. The summed E-state index contributed by atoms with van der Waals surface area (Å²) in [7, 11) is 0. The van der Waals surface area contributed by atoms with Crippen molar-refractivity contribution in [1.29, 1.82) is 0 Å². The molecular weight excluding hydrogens is 370 g/mol. The zero-order valence-electron chi connectivity index (χ0n) is 16.9. The Balaban J connectivity index is 1.65. The van der Waals surface area contributed by atoms with Gasteiger partial charge in [0, 0.05) is 42.0 Å². The quantitative estimate of drug-likeness (QED) is 0.804. The van der Waals surface area contributed by atoms with Crippen LogP contribution in [0.3, 0.4) is 0 Å². The molecule has 150 valence electrons. The summed E-state index contributed by atoms with van der Waals surface area (Å²) in [4.78, 5) is 33.0. The summed E-state index contributed by atoms with van der Waals surface area (Å²) in [5.41, 5.74) is 2.47. The summed E-state index contributed by atoms with van der Waals surface area (Å²) in [5, 5.41) is 5.09. The molecule has 3 rings (SSSR count). The predicted octanol–water partition coefficient (Wildman–Crippen LogP) is 3.79. The lowest BCUT2D eigenvalue weighted by atomic mass is 9.89. The molecule has 1 N–H and O–H groups in total. The molecule has 3 heterocycles. The van der Waals surface area contributed by atoms with E-state index < -0.39 is 0 Å². The van der Waals surface area contributed by atoms with Gasteiger partial charge in [0.2, 0.25) is 5.91 Å². The van der Waals surface area contributed by atoms with Crippen LogP contribution in [0.15, 0.2) is 29.6 Å². The van der Waals surface area contributed by atoms with E-state index in [1.54, 1.807) is 11.3 Å². The van der Waals surface area contributed by atoms with Gasteiger partial charge in [0.25, 0.3) is 5.91 Å². The molecule has 0 aliphatic carbocycles. The van der Waals surface area contributed by atoms with E-state index in [1.807, 2.05) is 43.9 Å². The monoisotopic (exact) mass is 399 g/mol. The van der Waals surface area contributed by atoms with Crippen LogP contribution in [0.1, 0.15) is 59.2 Å². The van der Waals surface area contributed by atoms with Gasteiger partial charge in [0.1, 0.15) is 0 Å². The van der Waals surface area contributed by atoms with Crippen molar-refractivity contribution in [2.75, 3.05) is 19.6 Å². The number of pyridine rings is 1. The summed E-state index contributed by atoms with van der Waals surface area (Å²) >= 11 is 1.71. The van der Waals surface area contributed by atoms with E-state index in [-0.39, 0.29) is 23.7 Å². The Labute approximate surface area is 171 Å². The number of hydrogen-bond donors (Lipinski definition) is 1. The number of rotatable bonds is 6. The van der Waals surface area contributed by atoms with Crippen LogP contribution in [-0.2, 0) is 11.2 Å². The van der Waals surface area contributed by atoms with Crippen LogP contribution in [0.25, 0.3) is 0 Å². The number of aromatic nitrogens is 1. The van der Waals surface area contributed by atoms with Crippen LogP contribution in [0, 0.1) is 12.8 Å². The van der Waals surface area contributed by atoms with E-state index in [9.17, 15) is 9.59 Å². The topological polar surface area (TPSA) is 62.3 Å². The molecule has 0 unspecified atom stereocenters. The zero-order chi connectivity index (χ0) is 20.1. The largest absolute Gasteiger partial charge is 0.352 e. The minimum atomic E-state index is -0.0558. The first kappa shape index (κ1) is 20.5. The third-order valence-electron chi connectivity index (χ3n) is 5.23. The predicted molar refractivity (Wildman–Crippen MR) is 113 cm³/mol. The average molecular weight is 400 g/mol. The summed E-state index contributed by atoms with van der Waals surface area (Å²) in [5.74, 6) is 0.398. The van der Waals surface area contributed by atoms with E-state index in [2.05, 4.69) is 16.8 Å². The van der Waals surface area contributed by atoms with Crippen LogP contribution in [-0.4, -0.2) is 41.3 Å². The summed E-state index contributed by atoms with van der Waals surface area (Å²) in [6, 6.07) is 7.90. The van der Waals surface area contributed by atoms with Crippen LogP contribution in [0.5, 0.6) is 0 Å². The molecule has 2 aromatic rings. The van der Waals surface area contributed by atoms with Crippen LogP contribution in [0.4, 0.5) is 0 Å². The molecule has 1 fully saturated rings. The lowest BCUT2D eigenvalue weighted by Crippen LogP contribution is -2.40. The van der Waals surface area contributed by atoms with Crippen LogP contribution in [0.2, 0.25) is 0 Å². The summed E-state index contributed by atoms with van der Waals surface area (Å²) in [6.45, 7) is 7.92. The highest BCUT2D eigenvalue weighted by molar-refractivity contribution is 7.09. The first-order chi connectivity index (χ1) is 13.5. The number of piperidine rings is 1. The van der Waals surface area contributed by atoms with Crippen molar-refractivity contribution in [2.45, 2.75) is 46.0 Å². The minimum Gasteiger partial charge on any atom is -0.352 e. The molecule has 5 nitrogen and oxygen atoms in total. The van der Waals surface area contributed by atoms with Gasteiger partial charge >= 0.3 is 0 Å². The van der Waals surface area contributed by atoms with E-state index in [0.717, 1.165) is 43.7 Å². The number of aryl methyl sites for hydroxylation is 1. The maximum atomic E-state index is 12.8. The van der Waals surface area contributed by atoms with Crippen molar-refractivity contribution in [2.24, 2.45) is 5.92 Å². The molecule has 0 saturated carbocycles. The number of amides is 2. The van der Waals surface area contributed by atoms with Gasteiger partial charge in [-0.05, 0) is 49.8 Å². The number of likely N-dealkylation sites (tertiary alicyclic amines) is 1. The van der Waals surface area contributed by atoms with E-state index in [1.165, 1.54) is 4.88 Å². The number of nitrogens with one attached hydrogen (secondary N) is 1. The maximum absolute atomic E-state index is 12.8. The van der Waals surface area contributed by atoms with Gasteiger partial charge in [-0.2, -0.15) is 0 Å². The lowest BCUT2D eigenvalue weighted by Gasteiger charge is -2.33. The fourth-order valence-electron chi connectivity index (χ4n) is 3.67. The second-order valence-corrected chi connectivity index (χ2v) is 8.76. The number of hydrogen-bond acceptors (Lipinski definition) is 4. The Morgan fingerprint density at radius 1 is 1.25 bits per heavy atom. The SMILES string of the molecule is Cc1ccc(C(=O)NCCc2cccs2)c(C2CCN(C(=O)C(C)C)CC2)n1. The van der Waals surface area contributed by atoms with Crippen molar-refractivity contribution < 1.29 is 9.59 Å². The van der Waals surface area contributed by atoms with Gasteiger partial charge < -0.3 is 10.2 Å². The average Bonchev–Trinajstić information content (AvgIpc) is 3.20. The second kappa shape index (κ2) is 9.32. The second-order valence-electron chi connectivity index (χ2n) is 7.72.